The first-order valence-corrected chi connectivity index (χ1v) is 10.4. The summed E-state index contributed by atoms with van der Waals surface area (Å²) in [6, 6.07) is 0.822. The molecule has 1 atom stereocenters. The molecule has 0 aliphatic heterocycles. The maximum Gasteiger partial charge on any atom is 0.323 e. The summed E-state index contributed by atoms with van der Waals surface area (Å²) < 4.78 is 8.10. The van der Waals surface area contributed by atoms with Crippen molar-refractivity contribution in [1.82, 2.24) is 4.34 Å². The van der Waals surface area contributed by atoms with E-state index in [1.807, 2.05) is 0 Å². The van der Waals surface area contributed by atoms with Crippen LogP contribution in [0.2, 0.25) is 25.7 Å². The van der Waals surface area contributed by atoms with Crippen molar-refractivity contribution < 1.29 is 9.53 Å². The van der Waals surface area contributed by atoms with Gasteiger partial charge in [0.05, 0.1) is 6.61 Å². The molecule has 0 bridgehead atoms. The van der Waals surface area contributed by atoms with E-state index in [2.05, 4.69) is 47.1 Å². The lowest BCUT2D eigenvalue weighted by Gasteiger charge is -2.17. The maximum absolute atomic E-state index is 11.7. The van der Waals surface area contributed by atoms with Gasteiger partial charge in [-0.05, 0) is 12.5 Å². The van der Waals surface area contributed by atoms with Crippen LogP contribution in [0, 0.1) is 0 Å². The van der Waals surface area contributed by atoms with Crippen LogP contribution in [0.15, 0.2) is 0 Å². The van der Waals surface area contributed by atoms with E-state index in [9.17, 15) is 4.79 Å². The van der Waals surface area contributed by atoms with Gasteiger partial charge in [-0.25, -0.2) is 4.34 Å². The quantitative estimate of drug-likeness (QED) is 0.424. The second-order valence-electron chi connectivity index (χ2n) is 5.28. The van der Waals surface area contributed by atoms with Crippen LogP contribution in [0.5, 0.6) is 0 Å². The Bertz CT molecular complexity index is 207. The Morgan fingerprint density at radius 1 is 1.44 bits per heavy atom. The SMILES string of the molecule is CCCC[C@H](NBr)C(=O)OCC[Si](C)(C)C. The first-order valence-electron chi connectivity index (χ1n) is 5.93. The number of unbranched alkanes of at least 4 members (excludes halogenated alkanes) is 1. The molecule has 96 valence electrons. The van der Waals surface area contributed by atoms with E-state index in [1.54, 1.807) is 0 Å². The van der Waals surface area contributed by atoms with Gasteiger partial charge in [0.2, 0.25) is 0 Å². The third kappa shape index (κ3) is 8.30. The van der Waals surface area contributed by atoms with Crippen molar-refractivity contribution >= 4 is 30.2 Å². The van der Waals surface area contributed by atoms with Crippen molar-refractivity contribution in [3.8, 4) is 0 Å². The van der Waals surface area contributed by atoms with Crippen molar-refractivity contribution in [3.05, 3.63) is 0 Å². The molecule has 0 aliphatic carbocycles. The van der Waals surface area contributed by atoms with Gasteiger partial charge in [0.15, 0.2) is 0 Å². The third-order valence-corrected chi connectivity index (χ3v) is 4.62. The molecule has 16 heavy (non-hydrogen) atoms. The summed E-state index contributed by atoms with van der Waals surface area (Å²) >= 11 is 3.14. The molecule has 1 N–H and O–H groups in total. The molecule has 0 heterocycles. The molecular weight excluding hydrogens is 286 g/mol. The number of rotatable bonds is 8. The van der Waals surface area contributed by atoms with Crippen LogP contribution in [-0.2, 0) is 9.53 Å². The van der Waals surface area contributed by atoms with Gasteiger partial charge in [-0.3, -0.25) is 4.79 Å². The molecule has 0 spiro atoms. The zero-order valence-corrected chi connectivity index (χ0v) is 13.4. The van der Waals surface area contributed by atoms with Gasteiger partial charge in [-0.1, -0.05) is 39.4 Å². The zero-order valence-electron chi connectivity index (χ0n) is 10.8. The molecule has 0 aromatic carbocycles. The van der Waals surface area contributed by atoms with Crippen molar-refractivity contribution in [2.45, 2.75) is 57.9 Å². The van der Waals surface area contributed by atoms with Crippen LogP contribution in [0.1, 0.15) is 26.2 Å². The number of nitrogens with one attached hydrogen (secondary N) is 1. The minimum atomic E-state index is -1.10. The number of halogens is 1. The molecule has 0 unspecified atom stereocenters. The summed E-state index contributed by atoms with van der Waals surface area (Å²) in [7, 11) is -1.10. The average Bonchev–Trinajstić information content (AvgIpc) is 2.17. The Hall–Kier alpha value is 0.127. The first kappa shape index (κ1) is 16.1. The molecule has 0 aliphatic rings. The molecule has 0 rings (SSSR count). The minimum absolute atomic E-state index is 0.136. The molecule has 0 saturated carbocycles. The minimum Gasteiger partial charge on any atom is -0.465 e. The fraction of sp³-hybridized carbons (Fsp3) is 0.909. The molecule has 3 nitrogen and oxygen atoms in total. The fourth-order valence-electron chi connectivity index (χ4n) is 1.18. The molecular formula is C11H24BrNO2Si. The highest BCUT2D eigenvalue weighted by atomic mass is 79.9. The summed E-state index contributed by atoms with van der Waals surface area (Å²) in [6.07, 6.45) is 2.95. The monoisotopic (exact) mass is 309 g/mol. The zero-order chi connectivity index (χ0) is 12.6. The summed E-state index contributed by atoms with van der Waals surface area (Å²) in [5.41, 5.74) is 0. The summed E-state index contributed by atoms with van der Waals surface area (Å²) in [6.45, 7) is 9.50. The van der Waals surface area contributed by atoms with Gasteiger partial charge in [-0.15, -0.1) is 0 Å². The van der Waals surface area contributed by atoms with Gasteiger partial charge in [0.1, 0.15) is 6.04 Å². The number of hydrogen-bond donors (Lipinski definition) is 1. The Labute approximate surface area is 109 Å². The summed E-state index contributed by atoms with van der Waals surface area (Å²) in [5, 5.41) is 0. The van der Waals surface area contributed by atoms with Crippen LogP contribution < -0.4 is 4.34 Å². The van der Waals surface area contributed by atoms with Crippen molar-refractivity contribution in [2.24, 2.45) is 0 Å². The molecule has 0 radical (unpaired) electrons. The van der Waals surface area contributed by atoms with E-state index in [0.29, 0.717) is 6.61 Å². The van der Waals surface area contributed by atoms with Crippen LogP contribution >= 0.6 is 16.1 Å². The summed E-state index contributed by atoms with van der Waals surface area (Å²) in [4.78, 5) is 11.7. The molecule has 0 aromatic heterocycles. The Morgan fingerprint density at radius 2 is 2.06 bits per heavy atom. The summed E-state index contributed by atoms with van der Waals surface area (Å²) in [5.74, 6) is -0.136. The maximum atomic E-state index is 11.7. The van der Waals surface area contributed by atoms with E-state index >= 15 is 0 Å². The number of carbonyl (C=O) groups excluding carboxylic acids is 1. The smallest absolute Gasteiger partial charge is 0.323 e. The Kier molecular flexibility index (Phi) is 8.32. The lowest BCUT2D eigenvalue weighted by atomic mass is 10.1. The number of ether oxygens (including phenoxy) is 1. The predicted octanol–water partition coefficient (Wildman–Crippen LogP) is 3.33. The largest absolute Gasteiger partial charge is 0.465 e. The second kappa shape index (κ2) is 8.25. The highest BCUT2D eigenvalue weighted by molar-refractivity contribution is 9.08. The van der Waals surface area contributed by atoms with Crippen LogP contribution in [0.25, 0.3) is 0 Å². The van der Waals surface area contributed by atoms with E-state index < -0.39 is 8.07 Å². The Balaban J connectivity index is 3.84. The standard InChI is InChI=1S/C11H24BrNO2Si/c1-5-6-7-10(13-12)11(14)15-8-9-16(2,3)4/h10,13H,5-9H2,1-4H3/t10-/m0/s1. The van der Waals surface area contributed by atoms with Gasteiger partial charge in [0.25, 0.3) is 0 Å². The van der Waals surface area contributed by atoms with Gasteiger partial charge >= 0.3 is 5.97 Å². The van der Waals surface area contributed by atoms with Crippen LogP contribution in [0.4, 0.5) is 0 Å². The molecule has 0 amide bonds. The van der Waals surface area contributed by atoms with Crippen molar-refractivity contribution in [3.63, 3.8) is 0 Å². The molecule has 0 aromatic rings. The normalized spacial score (nSPS) is 13.6. The van der Waals surface area contributed by atoms with Crippen molar-refractivity contribution in [1.29, 1.82) is 0 Å². The lowest BCUT2D eigenvalue weighted by Crippen LogP contribution is -2.33. The third-order valence-electron chi connectivity index (χ3n) is 2.36. The molecule has 5 heteroatoms. The topological polar surface area (TPSA) is 38.3 Å². The Morgan fingerprint density at radius 3 is 2.50 bits per heavy atom. The lowest BCUT2D eigenvalue weighted by molar-refractivity contribution is -0.145. The van der Waals surface area contributed by atoms with E-state index in [1.165, 1.54) is 0 Å². The average molecular weight is 310 g/mol. The second-order valence-corrected chi connectivity index (χ2v) is 11.4. The van der Waals surface area contributed by atoms with Gasteiger partial charge in [-0.2, -0.15) is 0 Å². The predicted molar refractivity (Wildman–Crippen MR) is 74.5 cm³/mol. The highest BCUT2D eigenvalue weighted by Gasteiger charge is 2.19. The van der Waals surface area contributed by atoms with Gasteiger partial charge in [0, 0.05) is 24.2 Å². The number of hydrogen-bond acceptors (Lipinski definition) is 3. The number of carbonyl (C=O) groups is 1. The highest BCUT2D eigenvalue weighted by Crippen LogP contribution is 2.09. The van der Waals surface area contributed by atoms with E-state index in [-0.39, 0.29) is 12.0 Å². The number of esters is 1. The van der Waals surface area contributed by atoms with Crippen molar-refractivity contribution in [2.75, 3.05) is 6.61 Å². The fourth-order valence-corrected chi connectivity index (χ4v) is 2.31. The first-order chi connectivity index (χ1) is 7.40. The van der Waals surface area contributed by atoms with Crippen LogP contribution in [0.3, 0.4) is 0 Å². The van der Waals surface area contributed by atoms with E-state index in [4.69, 9.17) is 4.74 Å². The van der Waals surface area contributed by atoms with Crippen LogP contribution in [-0.4, -0.2) is 26.7 Å². The van der Waals surface area contributed by atoms with E-state index in [0.717, 1.165) is 25.3 Å². The molecule has 0 saturated heterocycles. The van der Waals surface area contributed by atoms with Gasteiger partial charge < -0.3 is 4.74 Å². The molecule has 0 fully saturated rings.